The number of urea groups is 1. The van der Waals surface area contributed by atoms with Crippen molar-refractivity contribution in [1.29, 1.82) is 0 Å². The fraction of sp³-hybridized carbons (Fsp3) is 0.389. The van der Waals surface area contributed by atoms with Gasteiger partial charge in [-0.15, -0.1) is 0 Å². The van der Waals surface area contributed by atoms with Crippen molar-refractivity contribution in [3.63, 3.8) is 0 Å². The molecule has 23 heavy (non-hydrogen) atoms. The average molecular weight is 312 g/mol. The summed E-state index contributed by atoms with van der Waals surface area (Å²) in [4.78, 5) is 12.4. The lowest BCUT2D eigenvalue weighted by atomic mass is 9.93. The number of fused-ring (bicyclic) bond motifs is 2. The van der Waals surface area contributed by atoms with Gasteiger partial charge in [-0.1, -0.05) is 24.3 Å². The number of aliphatic hydroxyl groups excluding tert-OH is 1. The Balaban J connectivity index is 1.46. The lowest BCUT2D eigenvalue weighted by Crippen LogP contribution is -2.42. The molecule has 4 rings (SSSR count). The van der Waals surface area contributed by atoms with Gasteiger partial charge >= 0.3 is 6.03 Å². The highest BCUT2D eigenvalue weighted by Crippen LogP contribution is 2.32. The monoisotopic (exact) mass is 312 g/mol. The minimum atomic E-state index is -0.575. The Labute approximate surface area is 134 Å². The van der Waals surface area contributed by atoms with E-state index >= 15 is 0 Å². The van der Waals surface area contributed by atoms with E-state index in [0.717, 1.165) is 41.7 Å². The maximum absolute atomic E-state index is 12.4. The van der Waals surface area contributed by atoms with Crippen molar-refractivity contribution in [2.75, 3.05) is 0 Å². The lowest BCUT2D eigenvalue weighted by molar-refractivity contribution is 0.141. The molecule has 0 spiro atoms. The van der Waals surface area contributed by atoms with Crippen LogP contribution >= 0.6 is 0 Å². The van der Waals surface area contributed by atoms with E-state index in [1.54, 1.807) is 6.26 Å². The van der Waals surface area contributed by atoms with Crippen molar-refractivity contribution in [2.45, 2.75) is 43.9 Å². The first kappa shape index (κ1) is 14.3. The SMILES string of the molecule is O=C(N[C@@H]1CCCc2occc21)N[C@H]1c2ccccc2C[C@H]1O. The molecule has 0 radical (unpaired) electrons. The molecule has 2 amide bonds. The average Bonchev–Trinajstić information content (AvgIpc) is 3.13. The van der Waals surface area contributed by atoms with Crippen molar-refractivity contribution in [2.24, 2.45) is 0 Å². The third-order valence-corrected chi connectivity index (χ3v) is 4.85. The molecular weight excluding hydrogens is 292 g/mol. The zero-order valence-electron chi connectivity index (χ0n) is 12.8. The Morgan fingerprint density at radius 3 is 2.96 bits per heavy atom. The van der Waals surface area contributed by atoms with Crippen LogP contribution in [0.2, 0.25) is 0 Å². The summed E-state index contributed by atoms with van der Waals surface area (Å²) in [5.41, 5.74) is 3.17. The van der Waals surface area contributed by atoms with Crippen molar-refractivity contribution in [1.82, 2.24) is 10.6 Å². The second-order valence-corrected chi connectivity index (χ2v) is 6.31. The Morgan fingerprint density at radius 2 is 2.04 bits per heavy atom. The maximum Gasteiger partial charge on any atom is 0.315 e. The number of hydrogen-bond acceptors (Lipinski definition) is 3. The second-order valence-electron chi connectivity index (χ2n) is 6.31. The maximum atomic E-state index is 12.4. The third kappa shape index (κ3) is 2.61. The molecule has 0 bridgehead atoms. The van der Waals surface area contributed by atoms with E-state index < -0.39 is 6.10 Å². The Kier molecular flexibility index (Phi) is 3.58. The standard InChI is InChI=1S/C18H20N2O3/c21-15-10-11-4-1-2-5-12(11)17(15)20-18(22)19-14-6-3-7-16-13(14)8-9-23-16/h1-2,4-5,8-9,14-15,17,21H,3,6-7,10H2,(H2,19,20,22)/t14-,15-,17+/m1/s1. The van der Waals surface area contributed by atoms with Crippen molar-refractivity contribution in [3.8, 4) is 0 Å². The summed E-state index contributed by atoms with van der Waals surface area (Å²) < 4.78 is 5.45. The smallest absolute Gasteiger partial charge is 0.315 e. The highest BCUT2D eigenvalue weighted by Gasteiger charge is 2.32. The number of amides is 2. The molecule has 1 aromatic heterocycles. The number of furan rings is 1. The highest BCUT2D eigenvalue weighted by atomic mass is 16.3. The number of hydrogen-bond donors (Lipinski definition) is 3. The summed E-state index contributed by atoms with van der Waals surface area (Å²) in [7, 11) is 0. The Hall–Kier alpha value is -2.27. The first-order chi connectivity index (χ1) is 11.2. The molecule has 0 aliphatic heterocycles. The van der Waals surface area contributed by atoms with Gasteiger partial charge in [0.1, 0.15) is 5.76 Å². The van der Waals surface area contributed by atoms with E-state index in [1.807, 2.05) is 30.3 Å². The molecule has 5 heteroatoms. The number of aliphatic hydroxyl groups is 1. The molecule has 3 atom stereocenters. The largest absolute Gasteiger partial charge is 0.469 e. The fourth-order valence-corrected chi connectivity index (χ4v) is 3.73. The molecular formula is C18H20N2O3. The van der Waals surface area contributed by atoms with Crippen LogP contribution in [0.15, 0.2) is 41.0 Å². The van der Waals surface area contributed by atoms with Gasteiger partial charge in [0.2, 0.25) is 0 Å². The summed E-state index contributed by atoms with van der Waals surface area (Å²) in [5.74, 6) is 0.966. The molecule has 1 aromatic carbocycles. The number of benzene rings is 1. The first-order valence-electron chi connectivity index (χ1n) is 8.11. The molecule has 2 aromatic rings. The molecule has 1 heterocycles. The molecule has 5 nitrogen and oxygen atoms in total. The fourth-order valence-electron chi connectivity index (χ4n) is 3.73. The Morgan fingerprint density at radius 1 is 1.17 bits per heavy atom. The lowest BCUT2D eigenvalue weighted by Gasteiger charge is -2.25. The van der Waals surface area contributed by atoms with E-state index in [9.17, 15) is 9.90 Å². The topological polar surface area (TPSA) is 74.5 Å². The van der Waals surface area contributed by atoms with E-state index in [-0.39, 0.29) is 18.1 Å². The van der Waals surface area contributed by atoms with Gasteiger partial charge in [0.15, 0.2) is 0 Å². The van der Waals surface area contributed by atoms with Crippen molar-refractivity contribution < 1.29 is 14.3 Å². The van der Waals surface area contributed by atoms with Crippen LogP contribution in [0.4, 0.5) is 4.79 Å². The van der Waals surface area contributed by atoms with Crippen LogP contribution in [-0.4, -0.2) is 17.2 Å². The van der Waals surface area contributed by atoms with E-state index in [4.69, 9.17) is 4.42 Å². The summed E-state index contributed by atoms with van der Waals surface area (Å²) >= 11 is 0. The highest BCUT2D eigenvalue weighted by molar-refractivity contribution is 5.75. The second kappa shape index (κ2) is 5.74. The van der Waals surface area contributed by atoms with Crippen LogP contribution < -0.4 is 10.6 Å². The molecule has 120 valence electrons. The molecule has 0 fully saturated rings. The number of carbonyl (C=O) groups excluding carboxylic acids is 1. The quantitative estimate of drug-likeness (QED) is 0.798. The molecule has 2 aliphatic rings. The minimum Gasteiger partial charge on any atom is -0.469 e. The van der Waals surface area contributed by atoms with Gasteiger partial charge in [-0.05, 0) is 30.0 Å². The van der Waals surface area contributed by atoms with E-state index in [0.29, 0.717) is 6.42 Å². The van der Waals surface area contributed by atoms with Crippen LogP contribution in [0.25, 0.3) is 0 Å². The van der Waals surface area contributed by atoms with E-state index in [2.05, 4.69) is 10.6 Å². The van der Waals surface area contributed by atoms with Gasteiger partial charge in [-0.3, -0.25) is 0 Å². The van der Waals surface area contributed by atoms with Crippen LogP contribution in [0.5, 0.6) is 0 Å². The molecule has 0 saturated carbocycles. The van der Waals surface area contributed by atoms with Gasteiger partial charge in [0.05, 0.1) is 24.5 Å². The third-order valence-electron chi connectivity index (χ3n) is 4.85. The van der Waals surface area contributed by atoms with E-state index in [1.165, 1.54) is 0 Å². The summed E-state index contributed by atoms with van der Waals surface area (Å²) in [6, 6.07) is 9.16. The molecule has 0 unspecified atom stereocenters. The van der Waals surface area contributed by atoms with Gasteiger partial charge < -0.3 is 20.2 Å². The number of nitrogens with one attached hydrogen (secondary N) is 2. The number of rotatable bonds is 2. The minimum absolute atomic E-state index is 0.0220. The summed E-state index contributed by atoms with van der Waals surface area (Å²) in [6.45, 7) is 0. The van der Waals surface area contributed by atoms with Crippen molar-refractivity contribution in [3.05, 3.63) is 59.0 Å². The van der Waals surface area contributed by atoms with Crippen LogP contribution in [0, 0.1) is 0 Å². The first-order valence-corrected chi connectivity index (χ1v) is 8.11. The molecule has 2 aliphatic carbocycles. The van der Waals surface area contributed by atoms with Gasteiger partial charge in [-0.25, -0.2) is 4.79 Å². The number of aryl methyl sites for hydroxylation is 1. The van der Waals surface area contributed by atoms with Crippen LogP contribution in [-0.2, 0) is 12.8 Å². The molecule has 3 N–H and O–H groups in total. The van der Waals surface area contributed by atoms with Crippen LogP contribution in [0.3, 0.4) is 0 Å². The van der Waals surface area contributed by atoms with Gasteiger partial charge in [-0.2, -0.15) is 0 Å². The normalized spacial score (nSPS) is 25.5. The molecule has 0 saturated heterocycles. The predicted octanol–water partition coefficient (Wildman–Crippen LogP) is 2.61. The van der Waals surface area contributed by atoms with Crippen LogP contribution in [0.1, 0.15) is 47.4 Å². The van der Waals surface area contributed by atoms with Crippen molar-refractivity contribution >= 4 is 6.03 Å². The Bertz CT molecular complexity index is 725. The number of carbonyl (C=O) groups is 1. The van der Waals surface area contributed by atoms with Gasteiger partial charge in [0.25, 0.3) is 0 Å². The summed E-state index contributed by atoms with van der Waals surface area (Å²) in [5, 5.41) is 16.2. The zero-order valence-corrected chi connectivity index (χ0v) is 12.8. The predicted molar refractivity (Wildman–Crippen MR) is 84.9 cm³/mol. The zero-order chi connectivity index (χ0) is 15.8. The van der Waals surface area contributed by atoms with Gasteiger partial charge in [0, 0.05) is 18.4 Å². The summed E-state index contributed by atoms with van der Waals surface area (Å²) in [6.07, 6.45) is 4.52.